The fourth-order valence-electron chi connectivity index (χ4n) is 5.77. The summed E-state index contributed by atoms with van der Waals surface area (Å²) in [5.74, 6) is 0.826. The second-order valence-electron chi connectivity index (χ2n) is 11.7. The van der Waals surface area contributed by atoms with Gasteiger partial charge in [0.25, 0.3) is 0 Å². The van der Waals surface area contributed by atoms with Crippen molar-refractivity contribution in [3.8, 4) is 0 Å². The van der Waals surface area contributed by atoms with Crippen LogP contribution in [0.5, 0.6) is 0 Å². The fourth-order valence-corrected chi connectivity index (χ4v) is 12.6. The number of rotatable bonds is 11. The van der Waals surface area contributed by atoms with Crippen LogP contribution in [0, 0.1) is 11.8 Å². The molecule has 0 bridgehead atoms. The molecule has 3 aromatic rings. The molecule has 0 saturated carbocycles. The minimum absolute atomic E-state index is 0.00614. The maximum atomic E-state index is 12.6. The summed E-state index contributed by atoms with van der Waals surface area (Å²) in [6.07, 6.45) is 2.90. The van der Waals surface area contributed by atoms with Gasteiger partial charge in [0, 0.05) is 0 Å². The molecule has 4 atom stereocenters. The van der Waals surface area contributed by atoms with Gasteiger partial charge in [0.2, 0.25) is 0 Å². The van der Waals surface area contributed by atoms with Gasteiger partial charge in [-0.05, 0) is 0 Å². The Hall–Kier alpha value is -2.17. The summed E-state index contributed by atoms with van der Waals surface area (Å²) in [5, 5.41) is 2.63. The molecule has 5 heteroatoms. The van der Waals surface area contributed by atoms with Gasteiger partial charge in [-0.25, -0.2) is 0 Å². The van der Waals surface area contributed by atoms with Crippen LogP contribution in [0.25, 0.3) is 0 Å². The molecule has 0 N–H and O–H groups in total. The van der Waals surface area contributed by atoms with Gasteiger partial charge >= 0.3 is 201 Å². The molecule has 38 heavy (non-hydrogen) atoms. The fraction of sp³-hybridized carbons (Fsp3) is 0.424. The zero-order valence-electron chi connectivity index (χ0n) is 23.4. The van der Waals surface area contributed by atoms with Crippen molar-refractivity contribution in [1.82, 2.24) is 0 Å². The Kier molecular flexibility index (Phi) is 9.70. The van der Waals surface area contributed by atoms with E-state index in [2.05, 4.69) is 107 Å². The van der Waals surface area contributed by atoms with Crippen LogP contribution in [0.1, 0.15) is 53.9 Å². The van der Waals surface area contributed by atoms with Crippen LogP contribution in [0.4, 0.5) is 0 Å². The van der Waals surface area contributed by atoms with Crippen molar-refractivity contribution < 1.29 is 14.0 Å². The van der Waals surface area contributed by atoms with E-state index in [0.29, 0.717) is 11.8 Å². The van der Waals surface area contributed by atoms with Crippen LogP contribution < -0.4 is 14.8 Å². The van der Waals surface area contributed by atoms with Crippen molar-refractivity contribution in [2.24, 2.45) is 11.8 Å². The van der Waals surface area contributed by atoms with E-state index in [1.165, 1.54) is 14.8 Å². The SMILES string of the molecule is C[C@H](CCO[Si](c1ccccc1)(c1ccccc1)C(C)(C)C)C[C@@H](C)[C@H]1CC([Se]c2ccccc2)C(=O)O1. The summed E-state index contributed by atoms with van der Waals surface area (Å²) < 4.78 is 14.2. The molecular weight excluding hydrogens is 551 g/mol. The number of carbonyl (C=O) groups excluding carboxylic acids is 1. The van der Waals surface area contributed by atoms with Crippen molar-refractivity contribution in [3.05, 3.63) is 91.0 Å². The Bertz CT molecular complexity index is 1110. The summed E-state index contributed by atoms with van der Waals surface area (Å²) in [5.41, 5.74) is 0. The summed E-state index contributed by atoms with van der Waals surface area (Å²) in [6, 6.07) is 32.1. The van der Waals surface area contributed by atoms with Crippen molar-refractivity contribution in [2.45, 2.75) is 69.8 Å². The Morgan fingerprint density at radius 1 is 0.895 bits per heavy atom. The number of hydrogen-bond acceptors (Lipinski definition) is 3. The average Bonchev–Trinajstić information content (AvgIpc) is 3.27. The van der Waals surface area contributed by atoms with E-state index < -0.39 is 8.32 Å². The zero-order chi connectivity index (χ0) is 27.2. The molecule has 3 nitrogen and oxygen atoms in total. The first-order valence-electron chi connectivity index (χ1n) is 13.9. The van der Waals surface area contributed by atoms with E-state index >= 15 is 0 Å². The molecular formula is C33H42O3SeSi. The van der Waals surface area contributed by atoms with Gasteiger partial charge in [-0.15, -0.1) is 0 Å². The van der Waals surface area contributed by atoms with E-state index in [-0.39, 0.29) is 36.9 Å². The second-order valence-corrected chi connectivity index (χ2v) is 18.7. The summed E-state index contributed by atoms with van der Waals surface area (Å²) in [4.78, 5) is 12.6. The predicted octanol–water partition coefficient (Wildman–Crippen LogP) is 5.75. The Labute approximate surface area is 236 Å². The van der Waals surface area contributed by atoms with Crippen LogP contribution in [0.15, 0.2) is 91.0 Å². The molecule has 4 rings (SSSR count). The number of hydrogen-bond donors (Lipinski definition) is 0. The summed E-state index contributed by atoms with van der Waals surface area (Å²) in [7, 11) is -2.50. The van der Waals surface area contributed by atoms with E-state index in [0.717, 1.165) is 25.9 Å². The Morgan fingerprint density at radius 2 is 1.42 bits per heavy atom. The first-order valence-corrected chi connectivity index (χ1v) is 17.6. The van der Waals surface area contributed by atoms with Crippen molar-refractivity contribution in [2.75, 3.05) is 6.61 Å². The maximum absolute atomic E-state index is 12.6. The van der Waals surface area contributed by atoms with Crippen LogP contribution in [-0.2, 0) is 14.0 Å². The number of carbonyl (C=O) groups is 1. The number of esters is 1. The number of ether oxygens (including phenoxy) is 1. The first-order chi connectivity index (χ1) is 18.2. The quantitative estimate of drug-likeness (QED) is 0.210. The van der Waals surface area contributed by atoms with Gasteiger partial charge in [0.15, 0.2) is 0 Å². The number of benzene rings is 3. The van der Waals surface area contributed by atoms with Crippen LogP contribution in [0.2, 0.25) is 9.85 Å². The average molecular weight is 594 g/mol. The molecule has 0 amide bonds. The van der Waals surface area contributed by atoms with E-state index in [1.54, 1.807) is 0 Å². The van der Waals surface area contributed by atoms with Gasteiger partial charge in [-0.2, -0.15) is 0 Å². The summed E-state index contributed by atoms with van der Waals surface area (Å²) in [6.45, 7) is 12.3. The monoisotopic (exact) mass is 594 g/mol. The standard InChI is InChI=1S/C33H42O3SeSi/c1-25(23-26(2)30-24-31(32(34)36-30)37-27-15-9-6-10-16-27)21-22-35-38(33(3,4)5,28-17-11-7-12-18-28)29-19-13-8-14-20-29/h6-20,25-26,30-31H,21-24H2,1-5H3/t25-,26-,30-,31?/m1/s1. The van der Waals surface area contributed by atoms with Gasteiger partial charge < -0.3 is 0 Å². The topological polar surface area (TPSA) is 35.5 Å². The van der Waals surface area contributed by atoms with E-state index in [4.69, 9.17) is 9.16 Å². The van der Waals surface area contributed by atoms with Crippen LogP contribution >= 0.6 is 0 Å². The molecule has 1 unspecified atom stereocenters. The molecule has 0 spiro atoms. The van der Waals surface area contributed by atoms with Crippen LogP contribution in [0.3, 0.4) is 0 Å². The molecule has 0 aliphatic carbocycles. The molecule has 1 fully saturated rings. The van der Waals surface area contributed by atoms with Crippen molar-refractivity contribution in [3.63, 3.8) is 0 Å². The van der Waals surface area contributed by atoms with Crippen molar-refractivity contribution >= 4 is 44.1 Å². The van der Waals surface area contributed by atoms with E-state index in [1.807, 2.05) is 18.2 Å². The molecule has 3 aromatic carbocycles. The van der Waals surface area contributed by atoms with Gasteiger partial charge in [0.05, 0.1) is 0 Å². The van der Waals surface area contributed by atoms with Gasteiger partial charge in [0.1, 0.15) is 0 Å². The molecule has 0 radical (unpaired) electrons. The molecule has 1 aliphatic heterocycles. The van der Waals surface area contributed by atoms with E-state index in [9.17, 15) is 4.79 Å². The minimum atomic E-state index is -2.50. The van der Waals surface area contributed by atoms with Gasteiger partial charge in [-0.3, -0.25) is 0 Å². The third-order valence-corrected chi connectivity index (χ3v) is 15.3. The second kappa shape index (κ2) is 12.8. The molecule has 202 valence electrons. The number of cyclic esters (lactones) is 1. The van der Waals surface area contributed by atoms with Crippen molar-refractivity contribution in [1.29, 1.82) is 0 Å². The normalized spacial score (nSPS) is 19.7. The third-order valence-electron chi connectivity index (χ3n) is 7.75. The summed E-state index contributed by atoms with van der Waals surface area (Å²) >= 11 is 0.127. The predicted molar refractivity (Wildman–Crippen MR) is 161 cm³/mol. The zero-order valence-corrected chi connectivity index (χ0v) is 26.1. The molecule has 1 saturated heterocycles. The molecule has 0 aromatic heterocycles. The Balaban J connectivity index is 1.38. The first kappa shape index (κ1) is 28.8. The van der Waals surface area contributed by atoms with Crippen LogP contribution in [-0.4, -0.2) is 42.0 Å². The third kappa shape index (κ3) is 6.69. The molecule has 1 aliphatic rings. The van der Waals surface area contributed by atoms with Gasteiger partial charge in [-0.1, -0.05) is 36.4 Å². The Morgan fingerprint density at radius 3 is 1.95 bits per heavy atom. The molecule has 1 heterocycles.